The van der Waals surface area contributed by atoms with E-state index in [1.807, 2.05) is 0 Å². The number of rotatable bonds is 3. The predicted octanol–water partition coefficient (Wildman–Crippen LogP) is 1.21. The van der Waals surface area contributed by atoms with E-state index in [4.69, 9.17) is 4.84 Å². The van der Waals surface area contributed by atoms with Gasteiger partial charge in [0.25, 0.3) is 0 Å². The predicted molar refractivity (Wildman–Crippen MR) is 50.1 cm³/mol. The van der Waals surface area contributed by atoms with Gasteiger partial charge in [0.1, 0.15) is 12.7 Å². The minimum atomic E-state index is 0.298. The molecule has 5 nitrogen and oxygen atoms in total. The van der Waals surface area contributed by atoms with Crippen molar-refractivity contribution in [1.82, 2.24) is 20.4 Å². The fraction of sp³-hybridized carbons (Fsp3) is 0.444. The quantitative estimate of drug-likeness (QED) is 0.729. The van der Waals surface area contributed by atoms with E-state index in [9.17, 15) is 0 Å². The molecule has 1 aromatic rings. The molecule has 0 amide bonds. The molecule has 2 rings (SSSR count). The van der Waals surface area contributed by atoms with Gasteiger partial charge in [0, 0.05) is 5.70 Å². The summed E-state index contributed by atoms with van der Waals surface area (Å²) in [6.07, 6.45) is 9.56. The Morgan fingerprint density at radius 2 is 2.07 bits per heavy atom. The molecular weight excluding hydrogens is 180 g/mol. The van der Waals surface area contributed by atoms with E-state index in [1.165, 1.54) is 25.5 Å². The lowest BCUT2D eigenvalue weighted by molar-refractivity contribution is 0.201. The van der Waals surface area contributed by atoms with E-state index < -0.39 is 0 Å². The zero-order valence-electron chi connectivity index (χ0n) is 7.81. The second-order valence-electron chi connectivity index (χ2n) is 3.10. The molecule has 5 heteroatoms. The largest absolute Gasteiger partial charge is 0.345 e. The van der Waals surface area contributed by atoms with Crippen LogP contribution in [-0.4, -0.2) is 15.0 Å². The molecule has 0 spiro atoms. The molecular formula is C9H12N4O. The number of allylic oxidation sites excluding steroid dienone is 2. The number of nitrogens with one attached hydrogen (secondary N) is 1. The third kappa shape index (κ3) is 2.42. The lowest BCUT2D eigenvalue weighted by Gasteiger charge is -2.13. The second-order valence-corrected chi connectivity index (χ2v) is 3.10. The molecule has 14 heavy (non-hydrogen) atoms. The van der Waals surface area contributed by atoms with Gasteiger partial charge in [-0.05, 0) is 25.7 Å². The summed E-state index contributed by atoms with van der Waals surface area (Å²) in [7, 11) is 0. The van der Waals surface area contributed by atoms with Gasteiger partial charge < -0.3 is 4.84 Å². The second kappa shape index (κ2) is 4.55. The maximum atomic E-state index is 5.16. The molecule has 1 aliphatic carbocycles. The summed E-state index contributed by atoms with van der Waals surface area (Å²) in [6, 6.07) is 0.298. The molecule has 74 valence electrons. The van der Waals surface area contributed by atoms with Crippen LogP contribution < -0.4 is 10.3 Å². The first-order chi connectivity index (χ1) is 6.95. The number of hydrogen-bond donors (Lipinski definition) is 1. The maximum Gasteiger partial charge on any atom is 0.345 e. The normalized spacial score (nSPS) is 15.9. The lowest BCUT2D eigenvalue weighted by Crippen LogP contribution is -2.20. The Morgan fingerprint density at radius 1 is 1.21 bits per heavy atom. The summed E-state index contributed by atoms with van der Waals surface area (Å²) >= 11 is 0. The van der Waals surface area contributed by atoms with Crippen molar-refractivity contribution >= 4 is 0 Å². The zero-order chi connectivity index (χ0) is 9.64. The molecule has 1 heterocycles. The van der Waals surface area contributed by atoms with Crippen molar-refractivity contribution in [3.8, 4) is 6.01 Å². The molecule has 0 aromatic carbocycles. The Hall–Kier alpha value is -1.65. The molecule has 0 saturated carbocycles. The minimum absolute atomic E-state index is 0.298. The van der Waals surface area contributed by atoms with Crippen LogP contribution in [0.3, 0.4) is 0 Å². The fourth-order valence-electron chi connectivity index (χ4n) is 1.32. The summed E-state index contributed by atoms with van der Waals surface area (Å²) in [4.78, 5) is 16.5. The first-order valence-electron chi connectivity index (χ1n) is 4.69. The van der Waals surface area contributed by atoms with Crippen molar-refractivity contribution in [3.05, 3.63) is 24.4 Å². The average Bonchev–Trinajstić information content (AvgIpc) is 2.29. The van der Waals surface area contributed by atoms with Crippen molar-refractivity contribution in [2.45, 2.75) is 25.7 Å². The van der Waals surface area contributed by atoms with Gasteiger partial charge in [0.05, 0.1) is 0 Å². The molecule has 0 unspecified atom stereocenters. The van der Waals surface area contributed by atoms with E-state index in [0.717, 1.165) is 18.5 Å². The first kappa shape index (κ1) is 8.93. The van der Waals surface area contributed by atoms with Gasteiger partial charge >= 0.3 is 6.01 Å². The van der Waals surface area contributed by atoms with Crippen LogP contribution >= 0.6 is 0 Å². The van der Waals surface area contributed by atoms with Crippen LogP contribution in [0.15, 0.2) is 24.4 Å². The molecule has 1 aromatic heterocycles. The van der Waals surface area contributed by atoms with Crippen molar-refractivity contribution in [2.75, 3.05) is 0 Å². The SMILES string of the molecule is C1=C(NOc2ncncn2)CCCC1. The van der Waals surface area contributed by atoms with Crippen molar-refractivity contribution in [3.63, 3.8) is 0 Å². The topological polar surface area (TPSA) is 59.9 Å². The highest BCUT2D eigenvalue weighted by molar-refractivity contribution is 5.01. The van der Waals surface area contributed by atoms with Crippen LogP contribution in [0, 0.1) is 0 Å². The molecule has 1 N–H and O–H groups in total. The average molecular weight is 192 g/mol. The standard InChI is InChI=1S/C9H12N4O/c1-2-4-8(5-3-1)13-14-9-11-6-10-7-12-9/h4,6-7,13H,1-3,5H2. The maximum absolute atomic E-state index is 5.16. The van der Waals surface area contributed by atoms with Crippen LogP contribution in [0.5, 0.6) is 6.01 Å². The van der Waals surface area contributed by atoms with Gasteiger partial charge in [-0.3, -0.25) is 0 Å². The van der Waals surface area contributed by atoms with Crippen LogP contribution in [-0.2, 0) is 0 Å². The zero-order valence-corrected chi connectivity index (χ0v) is 7.81. The highest BCUT2D eigenvalue weighted by Crippen LogP contribution is 2.14. The highest BCUT2D eigenvalue weighted by Gasteiger charge is 2.04. The van der Waals surface area contributed by atoms with Gasteiger partial charge in [-0.15, -0.1) is 0 Å². The van der Waals surface area contributed by atoms with E-state index >= 15 is 0 Å². The third-order valence-corrected chi connectivity index (χ3v) is 2.03. The summed E-state index contributed by atoms with van der Waals surface area (Å²) in [6.45, 7) is 0. The number of aromatic nitrogens is 3. The van der Waals surface area contributed by atoms with Crippen molar-refractivity contribution < 1.29 is 4.84 Å². The van der Waals surface area contributed by atoms with Gasteiger partial charge in [0.2, 0.25) is 0 Å². The summed E-state index contributed by atoms with van der Waals surface area (Å²) in [5.74, 6) is 0. The summed E-state index contributed by atoms with van der Waals surface area (Å²) < 4.78 is 0. The van der Waals surface area contributed by atoms with Gasteiger partial charge in [0.15, 0.2) is 0 Å². The Labute approximate surface area is 82.2 Å². The van der Waals surface area contributed by atoms with Crippen molar-refractivity contribution in [1.29, 1.82) is 0 Å². The molecule has 0 atom stereocenters. The number of hydroxylamine groups is 1. The van der Waals surface area contributed by atoms with Crippen LogP contribution in [0.2, 0.25) is 0 Å². The molecule has 0 aliphatic heterocycles. The van der Waals surface area contributed by atoms with E-state index in [1.54, 1.807) is 0 Å². The summed E-state index contributed by atoms with van der Waals surface area (Å²) in [5.41, 5.74) is 3.95. The van der Waals surface area contributed by atoms with Crippen LogP contribution in [0.1, 0.15) is 25.7 Å². The summed E-state index contributed by atoms with van der Waals surface area (Å²) in [5, 5.41) is 0. The van der Waals surface area contributed by atoms with Crippen molar-refractivity contribution in [2.24, 2.45) is 0 Å². The fourth-order valence-corrected chi connectivity index (χ4v) is 1.32. The first-order valence-corrected chi connectivity index (χ1v) is 4.69. The van der Waals surface area contributed by atoms with Gasteiger partial charge in [-0.2, -0.15) is 9.97 Å². The van der Waals surface area contributed by atoms with E-state index in [-0.39, 0.29) is 0 Å². The van der Waals surface area contributed by atoms with E-state index in [0.29, 0.717) is 6.01 Å². The number of nitrogens with zero attached hydrogens (tertiary/aromatic N) is 3. The van der Waals surface area contributed by atoms with Crippen LogP contribution in [0.4, 0.5) is 0 Å². The molecule has 0 fully saturated rings. The third-order valence-electron chi connectivity index (χ3n) is 2.03. The molecule has 0 radical (unpaired) electrons. The Kier molecular flexibility index (Phi) is 2.90. The van der Waals surface area contributed by atoms with E-state index in [2.05, 4.69) is 26.5 Å². The van der Waals surface area contributed by atoms with Gasteiger partial charge in [-0.25, -0.2) is 10.5 Å². The van der Waals surface area contributed by atoms with Gasteiger partial charge in [-0.1, -0.05) is 6.08 Å². The molecule has 0 saturated heterocycles. The smallest absolute Gasteiger partial charge is 0.340 e. The van der Waals surface area contributed by atoms with Crippen LogP contribution in [0.25, 0.3) is 0 Å². The lowest BCUT2D eigenvalue weighted by atomic mass is 10.1. The Morgan fingerprint density at radius 3 is 2.79 bits per heavy atom. The highest BCUT2D eigenvalue weighted by atomic mass is 16.7. The molecule has 0 bridgehead atoms. The molecule has 1 aliphatic rings. The Balaban J connectivity index is 1.85. The monoisotopic (exact) mass is 192 g/mol. The Bertz CT molecular complexity index is 312. The number of hydrogen-bond acceptors (Lipinski definition) is 5. The minimum Gasteiger partial charge on any atom is -0.340 e.